The number of fused-ring (bicyclic) bond motifs is 1. The van der Waals surface area contributed by atoms with Crippen LogP contribution >= 0.6 is 0 Å². The molecule has 2 aliphatic rings. The average Bonchev–Trinajstić information content (AvgIpc) is 2.48. The SMILES string of the molecule is O=CC1CCCCN1CC1CCCc2ccccc21. The van der Waals surface area contributed by atoms with Crippen LogP contribution in [0.3, 0.4) is 0 Å². The van der Waals surface area contributed by atoms with Crippen LogP contribution in [-0.4, -0.2) is 30.3 Å². The molecule has 102 valence electrons. The van der Waals surface area contributed by atoms with Gasteiger partial charge in [-0.15, -0.1) is 0 Å². The summed E-state index contributed by atoms with van der Waals surface area (Å²) in [6.45, 7) is 2.17. The van der Waals surface area contributed by atoms with E-state index < -0.39 is 0 Å². The number of carbonyl (C=O) groups is 1. The van der Waals surface area contributed by atoms with E-state index in [1.807, 2.05) is 0 Å². The monoisotopic (exact) mass is 257 g/mol. The molecule has 0 radical (unpaired) electrons. The topological polar surface area (TPSA) is 20.3 Å². The fraction of sp³-hybridized carbons (Fsp3) is 0.588. The molecule has 1 aliphatic carbocycles. The van der Waals surface area contributed by atoms with Crippen LogP contribution in [0.4, 0.5) is 0 Å². The first kappa shape index (κ1) is 12.9. The second kappa shape index (κ2) is 5.87. The molecule has 1 aromatic rings. The van der Waals surface area contributed by atoms with Gasteiger partial charge in [0.2, 0.25) is 0 Å². The first-order valence-corrected chi connectivity index (χ1v) is 7.65. The van der Waals surface area contributed by atoms with E-state index in [1.165, 1.54) is 43.2 Å². The predicted octanol–water partition coefficient (Wildman–Crippen LogP) is 3.16. The van der Waals surface area contributed by atoms with Crippen molar-refractivity contribution in [2.45, 2.75) is 50.5 Å². The lowest BCUT2D eigenvalue weighted by molar-refractivity contribution is -0.113. The number of aryl methyl sites for hydroxylation is 1. The summed E-state index contributed by atoms with van der Waals surface area (Å²) < 4.78 is 0. The van der Waals surface area contributed by atoms with Crippen LogP contribution in [0.2, 0.25) is 0 Å². The standard InChI is InChI=1S/C17H23NO/c19-13-16-9-3-4-11-18(16)12-15-8-5-7-14-6-1-2-10-17(14)15/h1-2,6,10,13,15-16H,3-5,7-9,11-12H2. The third kappa shape index (κ3) is 2.74. The number of piperidine rings is 1. The van der Waals surface area contributed by atoms with Crippen LogP contribution in [0.5, 0.6) is 0 Å². The van der Waals surface area contributed by atoms with Crippen molar-refractivity contribution >= 4 is 6.29 Å². The molecule has 0 bridgehead atoms. The van der Waals surface area contributed by atoms with Gasteiger partial charge in [-0.25, -0.2) is 0 Å². The lowest BCUT2D eigenvalue weighted by Crippen LogP contribution is -2.43. The van der Waals surface area contributed by atoms with E-state index in [1.54, 1.807) is 0 Å². The number of hydrogen-bond acceptors (Lipinski definition) is 2. The van der Waals surface area contributed by atoms with Crippen molar-refractivity contribution in [3.05, 3.63) is 35.4 Å². The summed E-state index contributed by atoms with van der Waals surface area (Å²) in [5.41, 5.74) is 3.06. The number of nitrogens with zero attached hydrogens (tertiary/aromatic N) is 1. The van der Waals surface area contributed by atoms with Crippen LogP contribution in [-0.2, 0) is 11.2 Å². The third-order valence-corrected chi connectivity index (χ3v) is 4.77. The summed E-state index contributed by atoms with van der Waals surface area (Å²) in [7, 11) is 0. The number of likely N-dealkylation sites (tertiary alicyclic amines) is 1. The zero-order valence-electron chi connectivity index (χ0n) is 11.6. The summed E-state index contributed by atoms with van der Waals surface area (Å²) in [5.74, 6) is 0.630. The summed E-state index contributed by atoms with van der Waals surface area (Å²) >= 11 is 0. The summed E-state index contributed by atoms with van der Waals surface area (Å²) in [6, 6.07) is 9.04. The molecule has 0 spiro atoms. The van der Waals surface area contributed by atoms with E-state index in [9.17, 15) is 4.79 Å². The molecule has 0 amide bonds. The van der Waals surface area contributed by atoms with Crippen molar-refractivity contribution in [3.63, 3.8) is 0 Å². The first-order valence-electron chi connectivity index (χ1n) is 7.65. The second-order valence-electron chi connectivity index (χ2n) is 5.98. The minimum absolute atomic E-state index is 0.169. The number of aldehydes is 1. The minimum atomic E-state index is 0.169. The van der Waals surface area contributed by atoms with Crippen molar-refractivity contribution in [2.75, 3.05) is 13.1 Å². The zero-order chi connectivity index (χ0) is 13.1. The molecule has 1 aliphatic heterocycles. The molecule has 1 saturated heterocycles. The molecule has 2 unspecified atom stereocenters. The highest BCUT2D eigenvalue weighted by Crippen LogP contribution is 2.33. The lowest BCUT2D eigenvalue weighted by Gasteiger charge is -2.36. The van der Waals surface area contributed by atoms with E-state index in [0.717, 1.165) is 25.8 Å². The van der Waals surface area contributed by atoms with Crippen LogP contribution in [0.1, 0.15) is 49.1 Å². The van der Waals surface area contributed by atoms with E-state index in [4.69, 9.17) is 0 Å². The molecule has 19 heavy (non-hydrogen) atoms. The van der Waals surface area contributed by atoms with Gasteiger partial charge in [0, 0.05) is 6.54 Å². The maximum atomic E-state index is 11.2. The second-order valence-corrected chi connectivity index (χ2v) is 5.98. The van der Waals surface area contributed by atoms with Crippen molar-refractivity contribution in [2.24, 2.45) is 0 Å². The van der Waals surface area contributed by atoms with E-state index in [2.05, 4.69) is 29.2 Å². The van der Waals surface area contributed by atoms with Crippen LogP contribution in [0.25, 0.3) is 0 Å². The molecule has 0 saturated carbocycles. The zero-order valence-corrected chi connectivity index (χ0v) is 11.6. The van der Waals surface area contributed by atoms with Crippen molar-refractivity contribution in [1.82, 2.24) is 4.90 Å². The van der Waals surface area contributed by atoms with Crippen molar-refractivity contribution in [3.8, 4) is 0 Å². The Bertz CT molecular complexity index is 443. The third-order valence-electron chi connectivity index (χ3n) is 4.77. The Balaban J connectivity index is 1.75. The van der Waals surface area contributed by atoms with E-state index in [0.29, 0.717) is 5.92 Å². The van der Waals surface area contributed by atoms with Gasteiger partial charge in [-0.1, -0.05) is 30.7 Å². The maximum Gasteiger partial charge on any atom is 0.137 e. The number of rotatable bonds is 3. The fourth-order valence-electron chi connectivity index (χ4n) is 3.72. The molecular weight excluding hydrogens is 234 g/mol. The smallest absolute Gasteiger partial charge is 0.137 e. The number of carbonyl (C=O) groups excluding carboxylic acids is 1. The molecule has 1 heterocycles. The largest absolute Gasteiger partial charge is 0.302 e. The first-order chi connectivity index (χ1) is 9.38. The highest BCUT2D eigenvalue weighted by molar-refractivity contribution is 5.57. The van der Waals surface area contributed by atoms with Gasteiger partial charge in [0.1, 0.15) is 6.29 Å². The molecule has 2 atom stereocenters. The van der Waals surface area contributed by atoms with Gasteiger partial charge < -0.3 is 4.79 Å². The molecule has 2 nitrogen and oxygen atoms in total. The Labute approximate surface area is 115 Å². The summed E-state index contributed by atoms with van der Waals surface area (Å²) in [6.07, 6.45) is 8.47. The Morgan fingerprint density at radius 3 is 2.95 bits per heavy atom. The van der Waals surface area contributed by atoms with Gasteiger partial charge in [0.15, 0.2) is 0 Å². The highest BCUT2D eigenvalue weighted by Gasteiger charge is 2.27. The number of hydrogen-bond donors (Lipinski definition) is 0. The molecule has 3 rings (SSSR count). The molecule has 0 N–H and O–H groups in total. The molecular formula is C17H23NO. The molecule has 1 fully saturated rings. The van der Waals surface area contributed by atoms with Crippen LogP contribution < -0.4 is 0 Å². The van der Waals surface area contributed by atoms with Crippen molar-refractivity contribution < 1.29 is 4.79 Å². The molecule has 0 aromatic heterocycles. The van der Waals surface area contributed by atoms with Gasteiger partial charge in [0.05, 0.1) is 6.04 Å². The molecule has 2 heteroatoms. The average molecular weight is 257 g/mol. The predicted molar refractivity (Wildman–Crippen MR) is 77.4 cm³/mol. The minimum Gasteiger partial charge on any atom is -0.302 e. The Hall–Kier alpha value is -1.15. The summed E-state index contributed by atoms with van der Waals surface area (Å²) in [5, 5.41) is 0. The van der Waals surface area contributed by atoms with Gasteiger partial charge in [-0.05, 0) is 55.7 Å². The number of benzene rings is 1. The maximum absolute atomic E-state index is 11.2. The molecule has 1 aromatic carbocycles. The Morgan fingerprint density at radius 2 is 2.05 bits per heavy atom. The van der Waals surface area contributed by atoms with Gasteiger partial charge >= 0.3 is 0 Å². The summed E-state index contributed by atoms with van der Waals surface area (Å²) in [4.78, 5) is 13.6. The van der Waals surface area contributed by atoms with Crippen molar-refractivity contribution in [1.29, 1.82) is 0 Å². The lowest BCUT2D eigenvalue weighted by atomic mass is 9.82. The van der Waals surface area contributed by atoms with Crippen LogP contribution in [0, 0.1) is 0 Å². The normalized spacial score (nSPS) is 27.8. The quantitative estimate of drug-likeness (QED) is 0.775. The van der Waals surface area contributed by atoms with E-state index >= 15 is 0 Å². The van der Waals surface area contributed by atoms with E-state index in [-0.39, 0.29) is 6.04 Å². The highest BCUT2D eigenvalue weighted by atomic mass is 16.1. The Kier molecular flexibility index (Phi) is 3.97. The van der Waals surface area contributed by atoms with Gasteiger partial charge in [0.25, 0.3) is 0 Å². The Morgan fingerprint density at radius 1 is 1.16 bits per heavy atom. The van der Waals surface area contributed by atoms with Gasteiger partial charge in [-0.3, -0.25) is 4.90 Å². The van der Waals surface area contributed by atoms with Gasteiger partial charge in [-0.2, -0.15) is 0 Å². The fourth-order valence-corrected chi connectivity index (χ4v) is 3.72. The van der Waals surface area contributed by atoms with Crippen LogP contribution in [0.15, 0.2) is 24.3 Å².